The fourth-order valence-electron chi connectivity index (χ4n) is 5.30. The van der Waals surface area contributed by atoms with Gasteiger partial charge in [0.1, 0.15) is 11.6 Å². The number of methoxy groups -OCH3 is 1. The summed E-state index contributed by atoms with van der Waals surface area (Å²) in [6.07, 6.45) is 1.79. The second-order valence-electron chi connectivity index (χ2n) is 11.0. The second-order valence-corrected chi connectivity index (χ2v) is 11.0. The van der Waals surface area contributed by atoms with Crippen molar-refractivity contribution in [3.63, 3.8) is 0 Å². The smallest absolute Gasteiger partial charge is 0.320 e. The quantitative estimate of drug-likeness (QED) is 0.257. The van der Waals surface area contributed by atoms with Crippen LogP contribution in [0, 0.1) is 0 Å². The molecule has 44 heavy (non-hydrogen) atoms. The number of piperazine rings is 1. The highest BCUT2D eigenvalue weighted by Crippen LogP contribution is 2.28. The Morgan fingerprint density at radius 1 is 0.977 bits per heavy atom. The number of hydrogen-bond donors (Lipinski definition) is 0. The summed E-state index contributed by atoms with van der Waals surface area (Å²) < 4.78 is 13.0. The van der Waals surface area contributed by atoms with E-state index in [2.05, 4.69) is 20.0 Å². The molecule has 12 nitrogen and oxygen atoms in total. The maximum atomic E-state index is 13.4. The Balaban J connectivity index is 1.28. The van der Waals surface area contributed by atoms with E-state index >= 15 is 0 Å². The van der Waals surface area contributed by atoms with E-state index in [1.54, 1.807) is 37.3 Å². The monoisotopic (exact) mass is 600 g/mol. The maximum absolute atomic E-state index is 13.4. The van der Waals surface area contributed by atoms with Gasteiger partial charge in [-0.1, -0.05) is 12.1 Å². The number of anilines is 2. The molecule has 0 N–H and O–H groups in total. The van der Waals surface area contributed by atoms with E-state index in [4.69, 9.17) is 9.47 Å². The highest BCUT2D eigenvalue weighted by atomic mass is 16.5. The zero-order valence-electron chi connectivity index (χ0n) is 26.1. The third kappa shape index (κ3) is 6.91. The largest absolute Gasteiger partial charge is 0.494 e. The van der Waals surface area contributed by atoms with Gasteiger partial charge in [0.25, 0.3) is 5.91 Å². The molecule has 0 saturated carbocycles. The third-order valence-electron chi connectivity index (χ3n) is 7.62. The third-order valence-corrected chi connectivity index (χ3v) is 7.62. The van der Waals surface area contributed by atoms with Gasteiger partial charge < -0.3 is 29.1 Å². The number of aromatic nitrogens is 4. The summed E-state index contributed by atoms with van der Waals surface area (Å²) in [7, 11) is 5.50. The van der Waals surface area contributed by atoms with Crippen molar-refractivity contribution in [3.8, 4) is 11.8 Å². The molecule has 2 amide bonds. The molecule has 2 aromatic heterocycles. The number of ether oxygens (including phenoxy) is 2. The predicted octanol–water partition coefficient (Wildman–Crippen LogP) is 3.16. The van der Waals surface area contributed by atoms with Crippen molar-refractivity contribution in [3.05, 3.63) is 65.9 Å². The number of hydrogen-bond acceptors (Lipinski definition) is 9. The van der Waals surface area contributed by atoms with Crippen molar-refractivity contribution < 1.29 is 19.1 Å². The minimum absolute atomic E-state index is 0.0289. The Morgan fingerprint density at radius 2 is 1.73 bits per heavy atom. The van der Waals surface area contributed by atoms with Gasteiger partial charge in [-0.3, -0.25) is 9.59 Å². The Kier molecular flexibility index (Phi) is 9.59. The lowest BCUT2D eigenvalue weighted by Crippen LogP contribution is -2.49. The molecule has 2 aromatic carbocycles. The SMILES string of the molecule is CCOc1cccc(Cn2ncc3c(N4CCN(C(=O)c5ccc(N(CCN(C)C)C(C)=O)cc5)CC4)nc(OC)nc32)c1. The van der Waals surface area contributed by atoms with Crippen molar-refractivity contribution in [2.45, 2.75) is 20.4 Å². The zero-order valence-corrected chi connectivity index (χ0v) is 26.1. The molecular formula is C32H40N8O4. The molecule has 0 aliphatic carbocycles. The van der Waals surface area contributed by atoms with Gasteiger partial charge in [0.2, 0.25) is 5.91 Å². The zero-order chi connectivity index (χ0) is 31.2. The van der Waals surface area contributed by atoms with Crippen LogP contribution < -0.4 is 19.3 Å². The molecule has 3 heterocycles. The molecule has 0 radical (unpaired) electrons. The molecule has 12 heteroatoms. The fourth-order valence-corrected chi connectivity index (χ4v) is 5.30. The number of amides is 2. The number of benzene rings is 2. The van der Waals surface area contributed by atoms with E-state index in [9.17, 15) is 9.59 Å². The Labute approximate surface area is 257 Å². The van der Waals surface area contributed by atoms with Gasteiger partial charge in [0.05, 0.1) is 31.8 Å². The summed E-state index contributed by atoms with van der Waals surface area (Å²) in [4.78, 5) is 42.6. The first-order valence-electron chi connectivity index (χ1n) is 14.8. The summed E-state index contributed by atoms with van der Waals surface area (Å²) in [6, 6.07) is 15.5. The molecule has 1 aliphatic heterocycles. The Hall–Kier alpha value is -4.71. The lowest BCUT2D eigenvalue weighted by molar-refractivity contribution is -0.116. The van der Waals surface area contributed by atoms with Crippen molar-refractivity contribution in [2.24, 2.45) is 0 Å². The summed E-state index contributed by atoms with van der Waals surface area (Å²) in [5.41, 5.74) is 3.10. The number of carbonyl (C=O) groups is 2. The minimum atomic E-state index is -0.0358. The second kappa shape index (κ2) is 13.7. The summed E-state index contributed by atoms with van der Waals surface area (Å²) in [5, 5.41) is 5.46. The summed E-state index contributed by atoms with van der Waals surface area (Å²) >= 11 is 0. The normalized spacial score (nSPS) is 13.4. The molecule has 1 fully saturated rings. The number of carbonyl (C=O) groups excluding carboxylic acids is 2. The highest BCUT2D eigenvalue weighted by Gasteiger charge is 2.26. The van der Waals surface area contributed by atoms with Crippen LogP contribution in [0.2, 0.25) is 0 Å². The fraction of sp³-hybridized carbons (Fsp3) is 0.406. The van der Waals surface area contributed by atoms with Gasteiger partial charge in [0, 0.05) is 57.4 Å². The average Bonchev–Trinajstić information content (AvgIpc) is 3.43. The van der Waals surface area contributed by atoms with Crippen LogP contribution in [0.3, 0.4) is 0 Å². The highest BCUT2D eigenvalue weighted by molar-refractivity contribution is 5.96. The molecule has 4 aromatic rings. The molecular weight excluding hydrogens is 560 g/mol. The molecule has 0 atom stereocenters. The number of fused-ring (bicyclic) bond motifs is 1. The van der Waals surface area contributed by atoms with Crippen LogP contribution in [0.4, 0.5) is 11.5 Å². The van der Waals surface area contributed by atoms with Crippen LogP contribution in [0.15, 0.2) is 54.7 Å². The van der Waals surface area contributed by atoms with Crippen molar-refractivity contribution >= 4 is 34.4 Å². The van der Waals surface area contributed by atoms with Crippen LogP contribution in [-0.2, 0) is 11.3 Å². The van der Waals surface area contributed by atoms with Crippen molar-refractivity contribution in [1.82, 2.24) is 29.5 Å². The van der Waals surface area contributed by atoms with Crippen molar-refractivity contribution in [1.29, 1.82) is 0 Å². The van der Waals surface area contributed by atoms with Gasteiger partial charge in [-0.25, -0.2) is 4.68 Å². The number of likely N-dealkylation sites (N-methyl/N-ethyl adjacent to an activating group) is 1. The predicted molar refractivity (Wildman–Crippen MR) is 170 cm³/mol. The lowest BCUT2D eigenvalue weighted by atomic mass is 10.1. The van der Waals surface area contributed by atoms with Crippen LogP contribution in [0.1, 0.15) is 29.8 Å². The van der Waals surface area contributed by atoms with Gasteiger partial charge >= 0.3 is 6.01 Å². The van der Waals surface area contributed by atoms with Gasteiger partial charge in [-0.15, -0.1) is 0 Å². The molecule has 1 saturated heterocycles. The van der Waals surface area contributed by atoms with Crippen LogP contribution in [0.25, 0.3) is 11.0 Å². The first-order chi connectivity index (χ1) is 21.3. The molecule has 0 bridgehead atoms. The lowest BCUT2D eigenvalue weighted by Gasteiger charge is -2.35. The summed E-state index contributed by atoms with van der Waals surface area (Å²) in [6.45, 7) is 8.24. The standard InChI is InChI=1S/C32H40N8O4/c1-6-44-27-9-7-8-24(20-27)22-40-30-28(21-33-40)29(34-32(35-30)43-5)37-15-17-38(18-16-37)31(42)25-10-12-26(13-11-25)39(23(2)41)19-14-36(3)4/h7-13,20-21H,6,14-19,22H2,1-5H3. The van der Waals surface area contributed by atoms with Gasteiger partial charge in [-0.2, -0.15) is 15.1 Å². The Bertz CT molecular complexity index is 1600. The van der Waals surface area contributed by atoms with E-state index in [1.165, 1.54) is 0 Å². The van der Waals surface area contributed by atoms with E-state index in [1.807, 2.05) is 71.9 Å². The van der Waals surface area contributed by atoms with E-state index in [0.29, 0.717) is 57.1 Å². The molecule has 1 aliphatic rings. The van der Waals surface area contributed by atoms with Crippen molar-refractivity contribution in [2.75, 3.05) is 76.9 Å². The van der Waals surface area contributed by atoms with Gasteiger partial charge in [0.15, 0.2) is 5.65 Å². The summed E-state index contributed by atoms with van der Waals surface area (Å²) in [5.74, 6) is 1.49. The number of nitrogens with zero attached hydrogens (tertiary/aromatic N) is 8. The van der Waals surface area contributed by atoms with Gasteiger partial charge in [-0.05, 0) is 63.0 Å². The van der Waals surface area contributed by atoms with E-state index < -0.39 is 0 Å². The first-order valence-corrected chi connectivity index (χ1v) is 14.8. The van der Waals surface area contributed by atoms with E-state index in [-0.39, 0.29) is 17.8 Å². The van der Waals surface area contributed by atoms with Crippen LogP contribution >= 0.6 is 0 Å². The molecule has 0 spiro atoms. The average molecular weight is 601 g/mol. The van der Waals surface area contributed by atoms with Crippen LogP contribution in [-0.4, -0.2) is 108 Å². The maximum Gasteiger partial charge on any atom is 0.320 e. The van der Waals surface area contributed by atoms with Crippen LogP contribution in [0.5, 0.6) is 11.8 Å². The van der Waals surface area contributed by atoms with E-state index in [0.717, 1.165) is 34.7 Å². The molecule has 0 unspecified atom stereocenters. The topological polar surface area (TPSA) is 109 Å². The number of rotatable bonds is 11. The Morgan fingerprint density at radius 3 is 2.39 bits per heavy atom. The first kappa shape index (κ1) is 30.7. The molecule has 5 rings (SSSR count). The minimum Gasteiger partial charge on any atom is -0.494 e. The molecule has 232 valence electrons.